The van der Waals surface area contributed by atoms with Gasteiger partial charge in [-0.1, -0.05) is 159 Å². The zero-order valence-corrected chi connectivity index (χ0v) is 35.9. The number of hydrogen-bond acceptors (Lipinski definition) is 9. The van der Waals surface area contributed by atoms with Crippen molar-refractivity contribution in [2.24, 2.45) is 5.73 Å². The summed E-state index contributed by atoms with van der Waals surface area (Å²) in [7, 11) is -4.73. The van der Waals surface area contributed by atoms with Crippen molar-refractivity contribution in [3.8, 4) is 0 Å². The van der Waals surface area contributed by atoms with Crippen LogP contribution < -0.4 is 5.73 Å². The molecule has 0 saturated heterocycles. The van der Waals surface area contributed by atoms with Gasteiger partial charge in [-0.05, 0) is 57.8 Å². The summed E-state index contributed by atoms with van der Waals surface area (Å²) in [5.41, 5.74) is 5.32. The zero-order chi connectivity index (χ0) is 41.4. The monoisotopic (exact) mass is 812 g/mol. The fourth-order valence-electron chi connectivity index (χ4n) is 5.63. The molecule has 0 radical (unpaired) electrons. The maximum Gasteiger partial charge on any atom is 0.472 e. The third-order valence-corrected chi connectivity index (χ3v) is 10.0. The molecule has 324 valence electrons. The van der Waals surface area contributed by atoms with Gasteiger partial charge in [0.1, 0.15) is 12.6 Å². The van der Waals surface area contributed by atoms with Crippen LogP contribution in [-0.4, -0.2) is 59.9 Å². The molecule has 56 heavy (non-hydrogen) atoms. The Morgan fingerprint density at radius 2 is 0.982 bits per heavy atom. The number of esters is 2. The Morgan fingerprint density at radius 1 is 0.554 bits per heavy atom. The minimum atomic E-state index is -4.73. The number of unbranched alkanes of at least 4 members (excludes halogenated alkanes) is 18. The minimum Gasteiger partial charge on any atom is -0.480 e. The van der Waals surface area contributed by atoms with Crippen LogP contribution in [-0.2, 0) is 37.5 Å². The van der Waals surface area contributed by atoms with Gasteiger partial charge in [0.05, 0.1) is 13.2 Å². The number of phosphoric acid groups is 1. The maximum atomic E-state index is 12.6. The molecule has 0 aliphatic heterocycles. The number of carboxylic acids is 1. The smallest absolute Gasteiger partial charge is 0.472 e. The predicted octanol–water partition coefficient (Wildman–Crippen LogP) is 11.4. The third-order valence-electron chi connectivity index (χ3n) is 9.06. The van der Waals surface area contributed by atoms with E-state index >= 15 is 0 Å². The highest BCUT2D eigenvalue weighted by atomic mass is 31.2. The van der Waals surface area contributed by atoms with Crippen molar-refractivity contribution in [3.05, 3.63) is 48.6 Å². The van der Waals surface area contributed by atoms with Crippen molar-refractivity contribution in [3.63, 3.8) is 0 Å². The Balaban J connectivity index is 4.49. The molecule has 12 heteroatoms. The molecular formula is C44H78NO10P. The van der Waals surface area contributed by atoms with Crippen LogP contribution in [0.25, 0.3) is 0 Å². The highest BCUT2D eigenvalue weighted by molar-refractivity contribution is 7.47. The van der Waals surface area contributed by atoms with Crippen LogP contribution in [0.2, 0.25) is 0 Å². The van der Waals surface area contributed by atoms with E-state index in [9.17, 15) is 23.8 Å². The lowest BCUT2D eigenvalue weighted by Crippen LogP contribution is -2.34. The average Bonchev–Trinajstić information content (AvgIpc) is 3.17. The molecule has 0 amide bonds. The molecule has 0 bridgehead atoms. The largest absolute Gasteiger partial charge is 0.480 e. The second kappa shape index (κ2) is 39.3. The fourth-order valence-corrected chi connectivity index (χ4v) is 6.41. The lowest BCUT2D eigenvalue weighted by molar-refractivity contribution is -0.161. The zero-order valence-electron chi connectivity index (χ0n) is 35.0. The summed E-state index contributed by atoms with van der Waals surface area (Å²) in [5, 5.41) is 8.88. The first-order valence-corrected chi connectivity index (χ1v) is 23.2. The number of rotatable bonds is 40. The Bertz CT molecular complexity index is 1140. The summed E-state index contributed by atoms with van der Waals surface area (Å²) in [5.74, 6) is -2.51. The Labute approximate surface area is 339 Å². The second-order valence-electron chi connectivity index (χ2n) is 14.5. The molecule has 0 aromatic carbocycles. The van der Waals surface area contributed by atoms with E-state index in [1.165, 1.54) is 103 Å². The molecule has 11 nitrogen and oxygen atoms in total. The van der Waals surface area contributed by atoms with Crippen molar-refractivity contribution in [1.82, 2.24) is 0 Å². The van der Waals surface area contributed by atoms with Crippen LogP contribution in [0, 0.1) is 0 Å². The van der Waals surface area contributed by atoms with Crippen LogP contribution in [0.4, 0.5) is 0 Å². The number of aliphatic carboxylic acids is 1. The highest BCUT2D eigenvalue weighted by Gasteiger charge is 2.28. The number of carboxylic acid groups (broad SMARTS) is 1. The number of phosphoric ester groups is 1. The lowest BCUT2D eigenvalue weighted by atomic mass is 10.1. The number of nitrogens with two attached hydrogens (primary N) is 1. The molecule has 0 aliphatic rings. The molecule has 0 spiro atoms. The van der Waals surface area contributed by atoms with Gasteiger partial charge < -0.3 is 25.2 Å². The summed E-state index contributed by atoms with van der Waals surface area (Å²) in [6.07, 6.45) is 43.4. The topological polar surface area (TPSA) is 172 Å². The van der Waals surface area contributed by atoms with Crippen molar-refractivity contribution in [2.75, 3.05) is 19.8 Å². The van der Waals surface area contributed by atoms with E-state index in [0.29, 0.717) is 19.3 Å². The lowest BCUT2D eigenvalue weighted by Gasteiger charge is -2.20. The van der Waals surface area contributed by atoms with Crippen LogP contribution in [0.3, 0.4) is 0 Å². The molecule has 0 aliphatic carbocycles. The summed E-state index contributed by atoms with van der Waals surface area (Å²) < 4.78 is 32.6. The standard InChI is InChI=1S/C44H78NO10P/c1-3-5-7-9-11-13-15-17-19-20-22-23-25-27-29-31-33-35-42(46)52-37-40(38-53-56(50,51)54-39-41(45)44(48)49)55-43(47)36-34-32-30-28-26-24-21-18-16-14-12-10-8-6-4-2/h17,19,22-23,27,29-30,32,40-41H,3-16,18,20-21,24-26,28,31,33-39,45H2,1-2H3,(H,48,49)(H,50,51)/b19-17+,23-22+,29-27+,32-30+/t40-,41+/m1/s1. The van der Waals surface area contributed by atoms with Gasteiger partial charge in [-0.2, -0.15) is 0 Å². The first-order valence-electron chi connectivity index (χ1n) is 21.7. The SMILES string of the molecule is CCCCCCCC/C=C/C/C=C/C/C=C/CCCC(=O)OC[C@H](COP(=O)(O)OC[C@H](N)C(=O)O)OC(=O)CC/C=C/CCCCCCCCCCCCC. The molecule has 0 rings (SSSR count). The summed E-state index contributed by atoms with van der Waals surface area (Å²) in [6, 6.07) is -1.53. The van der Waals surface area contributed by atoms with Crippen LogP contribution >= 0.6 is 7.82 Å². The van der Waals surface area contributed by atoms with Gasteiger partial charge in [-0.3, -0.25) is 23.4 Å². The minimum absolute atomic E-state index is 0.0669. The number of carbonyl (C=O) groups is 3. The number of hydrogen-bond donors (Lipinski definition) is 3. The van der Waals surface area contributed by atoms with Gasteiger partial charge in [-0.15, -0.1) is 0 Å². The van der Waals surface area contributed by atoms with E-state index in [2.05, 4.69) is 54.8 Å². The quantitative estimate of drug-likeness (QED) is 0.0233. The van der Waals surface area contributed by atoms with Crippen molar-refractivity contribution < 1.29 is 47.5 Å². The summed E-state index contributed by atoms with van der Waals surface area (Å²) in [6.45, 7) is 2.70. The molecule has 0 heterocycles. The van der Waals surface area contributed by atoms with E-state index in [-0.39, 0.29) is 19.4 Å². The predicted molar refractivity (Wildman–Crippen MR) is 226 cm³/mol. The Kier molecular flexibility index (Phi) is 37.5. The molecule has 0 aromatic rings. The number of allylic oxidation sites excluding steroid dienone is 8. The highest BCUT2D eigenvalue weighted by Crippen LogP contribution is 2.43. The van der Waals surface area contributed by atoms with Gasteiger partial charge in [0.25, 0.3) is 0 Å². The van der Waals surface area contributed by atoms with E-state index in [4.69, 9.17) is 24.8 Å². The second-order valence-corrected chi connectivity index (χ2v) is 15.9. The Hall–Kier alpha value is -2.56. The molecular weight excluding hydrogens is 733 g/mol. The summed E-state index contributed by atoms with van der Waals surface area (Å²) >= 11 is 0. The first-order chi connectivity index (χ1) is 27.1. The molecule has 1 unspecified atom stereocenters. The summed E-state index contributed by atoms with van der Waals surface area (Å²) in [4.78, 5) is 45.9. The maximum absolute atomic E-state index is 12.6. The first kappa shape index (κ1) is 53.4. The van der Waals surface area contributed by atoms with Crippen LogP contribution in [0.5, 0.6) is 0 Å². The van der Waals surface area contributed by atoms with Gasteiger partial charge in [0.15, 0.2) is 6.10 Å². The number of ether oxygens (including phenoxy) is 2. The average molecular weight is 812 g/mol. The molecule has 0 fully saturated rings. The van der Waals surface area contributed by atoms with Crippen LogP contribution in [0.15, 0.2) is 48.6 Å². The number of carbonyl (C=O) groups excluding carboxylic acids is 2. The van der Waals surface area contributed by atoms with E-state index in [1.807, 2.05) is 12.2 Å². The van der Waals surface area contributed by atoms with Crippen molar-refractivity contribution in [2.45, 2.75) is 193 Å². The van der Waals surface area contributed by atoms with Crippen molar-refractivity contribution in [1.29, 1.82) is 0 Å². The van der Waals surface area contributed by atoms with Crippen molar-refractivity contribution >= 4 is 25.7 Å². The van der Waals surface area contributed by atoms with Gasteiger partial charge in [0, 0.05) is 12.8 Å². The van der Waals surface area contributed by atoms with Crippen LogP contribution in [0.1, 0.15) is 181 Å². The van der Waals surface area contributed by atoms with Gasteiger partial charge >= 0.3 is 25.7 Å². The fraction of sp³-hybridized carbons (Fsp3) is 0.750. The van der Waals surface area contributed by atoms with E-state index in [0.717, 1.165) is 32.1 Å². The molecule has 3 atom stereocenters. The van der Waals surface area contributed by atoms with E-state index in [1.54, 1.807) is 0 Å². The van der Waals surface area contributed by atoms with Gasteiger partial charge in [0.2, 0.25) is 0 Å². The Morgan fingerprint density at radius 3 is 1.50 bits per heavy atom. The molecule has 0 saturated carbocycles. The molecule has 0 aromatic heterocycles. The van der Waals surface area contributed by atoms with Gasteiger partial charge in [-0.25, -0.2) is 4.57 Å². The third kappa shape index (κ3) is 38.3. The van der Waals surface area contributed by atoms with E-state index < -0.39 is 51.1 Å². The molecule has 4 N–H and O–H groups in total. The normalized spacial score (nSPS) is 14.2.